The van der Waals surface area contributed by atoms with Crippen LogP contribution in [-0.2, 0) is 5.41 Å². The summed E-state index contributed by atoms with van der Waals surface area (Å²) in [7, 11) is 0. The van der Waals surface area contributed by atoms with Crippen LogP contribution in [0.1, 0.15) is 24.5 Å². The second-order valence-electron chi connectivity index (χ2n) is 4.11. The minimum Gasteiger partial charge on any atom is -0.396 e. The van der Waals surface area contributed by atoms with E-state index >= 15 is 0 Å². The normalized spacial score (nSPS) is 15.1. The first-order valence-corrected chi connectivity index (χ1v) is 5.00. The molecule has 0 aliphatic heterocycles. The molecule has 0 saturated heterocycles. The van der Waals surface area contributed by atoms with E-state index in [9.17, 15) is 0 Å². The molecular weight excluding hydrogens is 174 g/mol. The van der Waals surface area contributed by atoms with Crippen molar-refractivity contribution >= 4 is 0 Å². The van der Waals surface area contributed by atoms with E-state index in [0.29, 0.717) is 13.0 Å². The van der Waals surface area contributed by atoms with Gasteiger partial charge in [-0.05, 0) is 18.9 Å². The van der Waals surface area contributed by atoms with Crippen molar-refractivity contribution in [1.82, 2.24) is 0 Å². The third-order valence-corrected chi connectivity index (χ3v) is 2.83. The van der Waals surface area contributed by atoms with Crippen LogP contribution in [0.25, 0.3) is 0 Å². The maximum absolute atomic E-state index is 9.01. The highest BCUT2D eigenvalue weighted by Gasteiger charge is 2.24. The summed E-state index contributed by atoms with van der Waals surface area (Å²) in [6, 6.07) is 8.33. The van der Waals surface area contributed by atoms with Crippen molar-refractivity contribution in [2.24, 2.45) is 5.73 Å². The minimum absolute atomic E-state index is 0.0965. The van der Waals surface area contributed by atoms with Crippen LogP contribution in [0.5, 0.6) is 0 Å². The lowest BCUT2D eigenvalue weighted by molar-refractivity contribution is 0.247. The fourth-order valence-electron chi connectivity index (χ4n) is 1.63. The molecule has 2 nitrogen and oxygen atoms in total. The summed E-state index contributed by atoms with van der Waals surface area (Å²) < 4.78 is 0. The van der Waals surface area contributed by atoms with Gasteiger partial charge in [-0.1, -0.05) is 36.8 Å². The number of aliphatic hydroxyl groups excluding tert-OH is 1. The Morgan fingerprint density at radius 1 is 1.43 bits per heavy atom. The summed E-state index contributed by atoms with van der Waals surface area (Å²) in [5.74, 6) is 0. The van der Waals surface area contributed by atoms with Gasteiger partial charge in [0.05, 0.1) is 0 Å². The zero-order valence-corrected chi connectivity index (χ0v) is 8.96. The first-order chi connectivity index (χ1) is 6.62. The van der Waals surface area contributed by atoms with Gasteiger partial charge in [-0.25, -0.2) is 0 Å². The van der Waals surface area contributed by atoms with Gasteiger partial charge in [-0.15, -0.1) is 0 Å². The van der Waals surface area contributed by atoms with Gasteiger partial charge in [0.25, 0.3) is 0 Å². The maximum atomic E-state index is 9.01. The Morgan fingerprint density at radius 2 is 2.14 bits per heavy atom. The fourth-order valence-corrected chi connectivity index (χ4v) is 1.63. The van der Waals surface area contributed by atoms with Gasteiger partial charge < -0.3 is 10.8 Å². The molecule has 0 spiro atoms. The highest BCUT2D eigenvalue weighted by Crippen LogP contribution is 2.26. The second-order valence-corrected chi connectivity index (χ2v) is 4.11. The van der Waals surface area contributed by atoms with Crippen LogP contribution in [0.4, 0.5) is 0 Å². The summed E-state index contributed by atoms with van der Waals surface area (Å²) in [6.07, 6.45) is 0.715. The molecule has 0 heterocycles. The van der Waals surface area contributed by atoms with E-state index in [1.165, 1.54) is 11.1 Å². The third-order valence-electron chi connectivity index (χ3n) is 2.83. The van der Waals surface area contributed by atoms with E-state index in [4.69, 9.17) is 10.8 Å². The van der Waals surface area contributed by atoms with Crippen molar-refractivity contribution in [3.63, 3.8) is 0 Å². The summed E-state index contributed by atoms with van der Waals surface area (Å²) in [5, 5.41) is 9.01. The molecule has 3 N–H and O–H groups in total. The predicted octanol–water partition coefficient (Wildman–Crippen LogP) is 1.59. The minimum atomic E-state index is -0.0965. The lowest BCUT2D eigenvalue weighted by Gasteiger charge is -2.28. The Labute approximate surface area is 85.8 Å². The number of hydrogen-bond donors (Lipinski definition) is 2. The molecule has 0 aliphatic rings. The first-order valence-electron chi connectivity index (χ1n) is 5.00. The molecular formula is C12H19NO. The summed E-state index contributed by atoms with van der Waals surface area (Å²) in [5.41, 5.74) is 8.12. The molecule has 1 rings (SSSR count). The van der Waals surface area contributed by atoms with E-state index in [1.54, 1.807) is 0 Å². The van der Waals surface area contributed by atoms with Gasteiger partial charge in [0, 0.05) is 18.6 Å². The van der Waals surface area contributed by atoms with E-state index in [0.717, 1.165) is 0 Å². The third kappa shape index (κ3) is 2.34. The van der Waals surface area contributed by atoms with Crippen molar-refractivity contribution in [2.75, 3.05) is 13.2 Å². The van der Waals surface area contributed by atoms with Gasteiger partial charge in [0.2, 0.25) is 0 Å². The molecule has 0 aromatic heterocycles. The molecule has 0 aliphatic carbocycles. The molecule has 0 fully saturated rings. The van der Waals surface area contributed by atoms with Crippen LogP contribution in [0, 0.1) is 6.92 Å². The number of benzene rings is 1. The molecule has 1 unspecified atom stereocenters. The van der Waals surface area contributed by atoms with Crippen molar-refractivity contribution in [3.05, 3.63) is 35.4 Å². The zero-order valence-electron chi connectivity index (χ0n) is 8.96. The highest BCUT2D eigenvalue weighted by molar-refractivity contribution is 5.29. The number of rotatable bonds is 4. The van der Waals surface area contributed by atoms with Crippen LogP contribution >= 0.6 is 0 Å². The molecule has 0 amide bonds. The summed E-state index contributed by atoms with van der Waals surface area (Å²) in [4.78, 5) is 0. The average Bonchev–Trinajstić information content (AvgIpc) is 2.18. The summed E-state index contributed by atoms with van der Waals surface area (Å²) >= 11 is 0. The van der Waals surface area contributed by atoms with Crippen LogP contribution in [0.15, 0.2) is 24.3 Å². The van der Waals surface area contributed by atoms with Crippen molar-refractivity contribution in [1.29, 1.82) is 0 Å². The van der Waals surface area contributed by atoms with Crippen LogP contribution in [-0.4, -0.2) is 18.3 Å². The molecule has 2 heteroatoms. The number of hydrogen-bond acceptors (Lipinski definition) is 2. The Bertz CT molecular complexity index is 298. The fraction of sp³-hybridized carbons (Fsp3) is 0.500. The molecule has 78 valence electrons. The average molecular weight is 193 g/mol. The molecule has 14 heavy (non-hydrogen) atoms. The lowest BCUT2D eigenvalue weighted by Crippen LogP contribution is -2.32. The van der Waals surface area contributed by atoms with Crippen molar-refractivity contribution in [2.45, 2.75) is 25.7 Å². The predicted molar refractivity (Wildman–Crippen MR) is 59.3 cm³/mol. The van der Waals surface area contributed by atoms with E-state index in [2.05, 4.69) is 32.0 Å². The van der Waals surface area contributed by atoms with Crippen molar-refractivity contribution in [3.8, 4) is 0 Å². The molecule has 1 aromatic carbocycles. The quantitative estimate of drug-likeness (QED) is 0.763. The number of aryl methyl sites for hydroxylation is 1. The Kier molecular flexibility index (Phi) is 3.67. The number of aliphatic hydroxyl groups is 1. The molecule has 0 radical (unpaired) electrons. The van der Waals surface area contributed by atoms with Gasteiger partial charge in [0.1, 0.15) is 0 Å². The number of nitrogens with two attached hydrogens (primary N) is 1. The van der Waals surface area contributed by atoms with Crippen LogP contribution < -0.4 is 5.73 Å². The van der Waals surface area contributed by atoms with Crippen LogP contribution in [0.2, 0.25) is 0 Å². The highest BCUT2D eigenvalue weighted by atomic mass is 16.3. The molecule has 1 atom stereocenters. The smallest absolute Gasteiger partial charge is 0.0439 e. The Morgan fingerprint density at radius 3 is 2.64 bits per heavy atom. The van der Waals surface area contributed by atoms with Gasteiger partial charge in [-0.2, -0.15) is 0 Å². The Hall–Kier alpha value is -0.860. The topological polar surface area (TPSA) is 46.2 Å². The molecule has 0 bridgehead atoms. The first kappa shape index (κ1) is 11.2. The van der Waals surface area contributed by atoms with E-state index < -0.39 is 0 Å². The molecule has 1 aromatic rings. The summed E-state index contributed by atoms with van der Waals surface area (Å²) in [6.45, 7) is 4.91. The standard InChI is InChI=1S/C12H19NO/c1-10-4-3-5-11(8-10)12(2,9-13)6-7-14/h3-5,8,14H,6-7,9,13H2,1-2H3. The van der Waals surface area contributed by atoms with Gasteiger partial charge in [0.15, 0.2) is 0 Å². The van der Waals surface area contributed by atoms with Crippen molar-refractivity contribution < 1.29 is 5.11 Å². The second kappa shape index (κ2) is 4.58. The molecule has 0 saturated carbocycles. The van der Waals surface area contributed by atoms with Crippen LogP contribution in [0.3, 0.4) is 0 Å². The Balaban J connectivity index is 2.99. The van der Waals surface area contributed by atoms with E-state index in [-0.39, 0.29) is 12.0 Å². The SMILES string of the molecule is Cc1cccc(C(C)(CN)CCO)c1. The zero-order chi connectivity index (χ0) is 10.6. The van der Waals surface area contributed by atoms with Gasteiger partial charge in [-0.3, -0.25) is 0 Å². The van der Waals surface area contributed by atoms with Gasteiger partial charge >= 0.3 is 0 Å². The maximum Gasteiger partial charge on any atom is 0.0439 e. The monoisotopic (exact) mass is 193 g/mol. The largest absolute Gasteiger partial charge is 0.396 e. The lowest BCUT2D eigenvalue weighted by atomic mass is 9.79. The van der Waals surface area contributed by atoms with E-state index in [1.807, 2.05) is 6.07 Å².